The predicted molar refractivity (Wildman–Crippen MR) is 84.6 cm³/mol. The van der Waals surface area contributed by atoms with Crippen molar-refractivity contribution in [3.63, 3.8) is 0 Å². The van der Waals surface area contributed by atoms with Crippen LogP contribution in [0.3, 0.4) is 0 Å². The van der Waals surface area contributed by atoms with Gasteiger partial charge in [0, 0.05) is 34.4 Å². The highest BCUT2D eigenvalue weighted by Crippen LogP contribution is 2.22. The van der Waals surface area contributed by atoms with Crippen molar-refractivity contribution >= 4 is 40.5 Å². The van der Waals surface area contributed by atoms with Crippen LogP contribution in [0.2, 0.25) is 10.0 Å². The van der Waals surface area contributed by atoms with Crippen LogP contribution in [0.4, 0.5) is 15.8 Å². The lowest BCUT2D eigenvalue weighted by molar-refractivity contribution is -0.115. The molecule has 0 unspecified atom stereocenters. The van der Waals surface area contributed by atoms with Crippen molar-refractivity contribution in [2.75, 3.05) is 17.2 Å². The first-order valence-corrected chi connectivity index (χ1v) is 7.04. The number of carbonyl (C=O) groups excluding carboxylic acids is 1. The smallest absolute Gasteiger partial charge is 0.226 e. The second-order valence-corrected chi connectivity index (χ2v) is 5.26. The summed E-state index contributed by atoms with van der Waals surface area (Å²) in [6.45, 7) is 0.436. The molecule has 0 aliphatic carbocycles. The SMILES string of the molecule is O=C(CCNc1ccc(F)cc1)Nc1cc(Cl)cc(Cl)c1. The Labute approximate surface area is 132 Å². The number of hydrogen-bond acceptors (Lipinski definition) is 2. The monoisotopic (exact) mass is 326 g/mol. The number of hydrogen-bond donors (Lipinski definition) is 2. The molecule has 3 nitrogen and oxygen atoms in total. The molecule has 21 heavy (non-hydrogen) atoms. The molecule has 2 aromatic rings. The van der Waals surface area contributed by atoms with E-state index in [-0.39, 0.29) is 18.1 Å². The van der Waals surface area contributed by atoms with Crippen molar-refractivity contribution in [1.82, 2.24) is 0 Å². The minimum Gasteiger partial charge on any atom is -0.385 e. The first-order chi connectivity index (χ1) is 10.0. The first kappa shape index (κ1) is 15.6. The van der Waals surface area contributed by atoms with Crippen molar-refractivity contribution in [2.24, 2.45) is 0 Å². The van der Waals surface area contributed by atoms with E-state index in [4.69, 9.17) is 23.2 Å². The maximum Gasteiger partial charge on any atom is 0.226 e. The van der Waals surface area contributed by atoms with E-state index in [9.17, 15) is 9.18 Å². The van der Waals surface area contributed by atoms with Gasteiger partial charge in [0.2, 0.25) is 5.91 Å². The fourth-order valence-electron chi connectivity index (χ4n) is 1.74. The Morgan fingerprint density at radius 2 is 1.62 bits per heavy atom. The molecule has 110 valence electrons. The van der Waals surface area contributed by atoms with Crippen LogP contribution in [0.25, 0.3) is 0 Å². The summed E-state index contributed by atoms with van der Waals surface area (Å²) in [5, 5.41) is 6.66. The average Bonchev–Trinajstić information content (AvgIpc) is 2.39. The molecule has 2 N–H and O–H groups in total. The molecule has 2 aromatic carbocycles. The van der Waals surface area contributed by atoms with Crippen molar-refractivity contribution in [3.8, 4) is 0 Å². The number of anilines is 2. The fraction of sp³-hybridized carbons (Fsp3) is 0.133. The van der Waals surface area contributed by atoms with Gasteiger partial charge in [-0.05, 0) is 42.5 Å². The Bertz CT molecular complexity index is 612. The third-order valence-electron chi connectivity index (χ3n) is 2.67. The molecule has 0 fully saturated rings. The third-order valence-corrected chi connectivity index (χ3v) is 3.11. The molecule has 0 aromatic heterocycles. The van der Waals surface area contributed by atoms with Crippen LogP contribution in [0, 0.1) is 5.82 Å². The zero-order valence-electron chi connectivity index (χ0n) is 11.0. The maximum absolute atomic E-state index is 12.7. The van der Waals surface area contributed by atoms with Gasteiger partial charge in [-0.15, -0.1) is 0 Å². The van der Waals surface area contributed by atoms with Gasteiger partial charge < -0.3 is 10.6 Å². The molecule has 0 aliphatic heterocycles. The number of carbonyl (C=O) groups is 1. The van der Waals surface area contributed by atoms with Crippen molar-refractivity contribution in [3.05, 3.63) is 58.3 Å². The lowest BCUT2D eigenvalue weighted by Crippen LogP contribution is -2.16. The van der Waals surface area contributed by atoms with Crippen LogP contribution in [0.5, 0.6) is 0 Å². The lowest BCUT2D eigenvalue weighted by Gasteiger charge is -2.08. The minimum absolute atomic E-state index is 0.164. The lowest BCUT2D eigenvalue weighted by atomic mass is 10.3. The second kappa shape index (κ2) is 7.29. The number of nitrogens with one attached hydrogen (secondary N) is 2. The van der Waals surface area contributed by atoms with Crippen molar-refractivity contribution in [1.29, 1.82) is 0 Å². The summed E-state index contributed by atoms with van der Waals surface area (Å²) in [5.74, 6) is -0.459. The zero-order chi connectivity index (χ0) is 15.2. The highest BCUT2D eigenvalue weighted by Gasteiger charge is 2.04. The molecular weight excluding hydrogens is 314 g/mol. The van der Waals surface area contributed by atoms with E-state index in [0.717, 1.165) is 5.69 Å². The van der Waals surface area contributed by atoms with Crippen molar-refractivity contribution in [2.45, 2.75) is 6.42 Å². The van der Waals surface area contributed by atoms with E-state index in [1.165, 1.54) is 12.1 Å². The topological polar surface area (TPSA) is 41.1 Å². The van der Waals surface area contributed by atoms with E-state index in [1.54, 1.807) is 30.3 Å². The van der Waals surface area contributed by atoms with Gasteiger partial charge in [-0.3, -0.25) is 4.79 Å². The number of rotatable bonds is 5. The van der Waals surface area contributed by atoms with Crippen LogP contribution in [-0.2, 0) is 4.79 Å². The molecule has 0 aliphatic rings. The van der Waals surface area contributed by atoms with Crippen molar-refractivity contribution < 1.29 is 9.18 Å². The second-order valence-electron chi connectivity index (χ2n) is 4.39. The van der Waals surface area contributed by atoms with Crippen LogP contribution in [0.15, 0.2) is 42.5 Å². The molecule has 0 heterocycles. The fourth-order valence-corrected chi connectivity index (χ4v) is 2.26. The Balaban J connectivity index is 1.80. The average molecular weight is 327 g/mol. The van der Waals surface area contributed by atoms with Gasteiger partial charge in [-0.25, -0.2) is 4.39 Å². The Morgan fingerprint density at radius 3 is 2.24 bits per heavy atom. The van der Waals surface area contributed by atoms with Gasteiger partial charge in [-0.2, -0.15) is 0 Å². The molecule has 0 radical (unpaired) electrons. The third kappa shape index (κ3) is 5.25. The largest absolute Gasteiger partial charge is 0.385 e. The predicted octanol–water partition coefficient (Wildman–Crippen LogP) is 4.57. The number of benzene rings is 2. The van der Waals surface area contributed by atoms with Gasteiger partial charge in [0.1, 0.15) is 5.82 Å². The number of halogens is 3. The van der Waals surface area contributed by atoms with Gasteiger partial charge in [0.15, 0.2) is 0 Å². The Kier molecular flexibility index (Phi) is 5.42. The summed E-state index contributed by atoms with van der Waals surface area (Å²) in [5.41, 5.74) is 1.31. The van der Waals surface area contributed by atoms with E-state index in [2.05, 4.69) is 10.6 Å². The first-order valence-electron chi connectivity index (χ1n) is 6.28. The van der Waals surface area contributed by atoms with E-state index in [1.807, 2.05) is 0 Å². The molecule has 0 saturated carbocycles. The highest BCUT2D eigenvalue weighted by atomic mass is 35.5. The molecule has 0 atom stereocenters. The summed E-state index contributed by atoms with van der Waals surface area (Å²) < 4.78 is 12.7. The minimum atomic E-state index is -0.295. The Hall–Kier alpha value is -1.78. The van der Waals surface area contributed by atoms with Crippen LogP contribution >= 0.6 is 23.2 Å². The summed E-state index contributed by atoms with van der Waals surface area (Å²) in [6, 6.07) is 10.8. The van der Waals surface area contributed by atoms with Crippen LogP contribution < -0.4 is 10.6 Å². The van der Waals surface area contributed by atoms with E-state index < -0.39 is 0 Å². The standard InChI is InChI=1S/C15H13Cl2FN2O/c16-10-7-11(17)9-14(8-10)20-15(21)5-6-19-13-3-1-12(18)2-4-13/h1-4,7-9,19H,5-6H2,(H,20,21). The van der Waals surface area contributed by atoms with Gasteiger partial charge in [0.25, 0.3) is 0 Å². The van der Waals surface area contributed by atoms with E-state index >= 15 is 0 Å². The van der Waals surface area contributed by atoms with Crippen LogP contribution in [0.1, 0.15) is 6.42 Å². The van der Waals surface area contributed by atoms with Gasteiger partial charge >= 0.3 is 0 Å². The molecule has 0 saturated heterocycles. The summed E-state index contributed by atoms with van der Waals surface area (Å²) in [7, 11) is 0. The normalized spacial score (nSPS) is 10.2. The number of amides is 1. The zero-order valence-corrected chi connectivity index (χ0v) is 12.5. The summed E-state index contributed by atoms with van der Waals surface area (Å²) >= 11 is 11.7. The van der Waals surface area contributed by atoms with Gasteiger partial charge in [-0.1, -0.05) is 23.2 Å². The van der Waals surface area contributed by atoms with Crippen LogP contribution in [-0.4, -0.2) is 12.5 Å². The molecular formula is C15H13Cl2FN2O. The summed E-state index contributed by atoms with van der Waals surface area (Å²) in [4.78, 5) is 11.8. The maximum atomic E-state index is 12.7. The molecule has 1 amide bonds. The highest BCUT2D eigenvalue weighted by molar-refractivity contribution is 6.35. The van der Waals surface area contributed by atoms with Gasteiger partial charge in [0.05, 0.1) is 0 Å². The molecule has 0 bridgehead atoms. The Morgan fingerprint density at radius 1 is 1.00 bits per heavy atom. The molecule has 2 rings (SSSR count). The molecule has 0 spiro atoms. The van der Waals surface area contributed by atoms with E-state index in [0.29, 0.717) is 22.3 Å². The molecule has 6 heteroatoms. The quantitative estimate of drug-likeness (QED) is 0.844. The summed E-state index contributed by atoms with van der Waals surface area (Å²) in [6.07, 6.45) is 0.265.